The maximum Gasteiger partial charge on any atom is 0.246 e. The molecule has 8 nitrogen and oxygen atoms in total. The van der Waals surface area contributed by atoms with Crippen molar-refractivity contribution in [2.24, 2.45) is 17.8 Å². The van der Waals surface area contributed by atoms with Crippen LogP contribution in [0.3, 0.4) is 0 Å². The fourth-order valence-corrected chi connectivity index (χ4v) is 4.24. The molecular formula is C25H40N2O6. The number of carbonyl (C=O) groups excluding carboxylic acids is 2. The van der Waals surface area contributed by atoms with Crippen LogP contribution in [0, 0.1) is 17.8 Å². The molecule has 0 unspecified atom stereocenters. The molecule has 0 saturated heterocycles. The van der Waals surface area contributed by atoms with E-state index in [-0.39, 0.29) is 31.3 Å². The van der Waals surface area contributed by atoms with E-state index in [0.717, 1.165) is 31.2 Å². The summed E-state index contributed by atoms with van der Waals surface area (Å²) < 4.78 is 15.9. The maximum atomic E-state index is 12.9. The van der Waals surface area contributed by atoms with Crippen LogP contribution in [0.25, 0.3) is 0 Å². The molecule has 1 aliphatic rings. The molecule has 0 aromatic heterocycles. The number of benzene rings is 1. The molecule has 3 N–H and O–H groups in total. The van der Waals surface area contributed by atoms with E-state index in [1.807, 2.05) is 30.3 Å². The monoisotopic (exact) mass is 464 g/mol. The average Bonchev–Trinajstić information content (AvgIpc) is 2.84. The van der Waals surface area contributed by atoms with Crippen molar-refractivity contribution in [3.63, 3.8) is 0 Å². The van der Waals surface area contributed by atoms with Crippen molar-refractivity contribution in [3.05, 3.63) is 35.9 Å². The van der Waals surface area contributed by atoms with Crippen LogP contribution in [0.2, 0.25) is 0 Å². The van der Waals surface area contributed by atoms with Crippen molar-refractivity contribution in [3.8, 4) is 0 Å². The number of nitrogens with one attached hydrogen (secondary N) is 2. The number of ether oxygens (including phenoxy) is 3. The lowest BCUT2D eigenvalue weighted by atomic mass is 9.82. The molecule has 186 valence electrons. The van der Waals surface area contributed by atoms with E-state index in [0.29, 0.717) is 38.4 Å². The second kappa shape index (κ2) is 15.8. The molecule has 1 fully saturated rings. The minimum Gasteiger partial charge on any atom is -0.382 e. The second-order valence-corrected chi connectivity index (χ2v) is 8.98. The highest BCUT2D eigenvalue weighted by atomic mass is 16.7. The standard InChI is InChI=1S/C25H40N2O6/c1-19-8-11-21(12-9-19)24(28)26-23(17-33-18-32-15-14-31-2)16-22(25(29)27-30)13-10-20-6-4-3-5-7-20/h3-7,19,21-23,30H,8-18H2,1-2H3,(H,26,28)(H,27,29)/t19?,21?,22-,23-/m0/s1. The van der Waals surface area contributed by atoms with Gasteiger partial charge in [0, 0.05) is 18.9 Å². The Balaban J connectivity index is 1.96. The van der Waals surface area contributed by atoms with Gasteiger partial charge in [0.1, 0.15) is 6.79 Å². The molecule has 8 heteroatoms. The van der Waals surface area contributed by atoms with Gasteiger partial charge in [0.25, 0.3) is 0 Å². The van der Waals surface area contributed by atoms with Crippen LogP contribution in [0.5, 0.6) is 0 Å². The number of amides is 2. The van der Waals surface area contributed by atoms with Gasteiger partial charge >= 0.3 is 0 Å². The number of hydrogen-bond acceptors (Lipinski definition) is 6. The first kappa shape index (κ1) is 27.2. The number of rotatable bonds is 15. The van der Waals surface area contributed by atoms with E-state index in [1.54, 1.807) is 12.6 Å². The van der Waals surface area contributed by atoms with Crippen molar-refractivity contribution in [2.45, 2.75) is 57.9 Å². The summed E-state index contributed by atoms with van der Waals surface area (Å²) in [4.78, 5) is 25.3. The summed E-state index contributed by atoms with van der Waals surface area (Å²) in [6, 6.07) is 9.53. The first-order valence-electron chi connectivity index (χ1n) is 12.0. The molecule has 2 amide bonds. The van der Waals surface area contributed by atoms with Gasteiger partial charge < -0.3 is 19.5 Å². The Morgan fingerprint density at radius 2 is 1.82 bits per heavy atom. The molecular weight excluding hydrogens is 424 g/mol. The van der Waals surface area contributed by atoms with Gasteiger partial charge in [-0.1, -0.05) is 37.3 Å². The first-order valence-corrected chi connectivity index (χ1v) is 12.0. The van der Waals surface area contributed by atoms with Crippen LogP contribution in [-0.2, 0) is 30.2 Å². The smallest absolute Gasteiger partial charge is 0.246 e. The van der Waals surface area contributed by atoms with Crippen LogP contribution in [-0.4, -0.2) is 56.8 Å². The lowest BCUT2D eigenvalue weighted by Gasteiger charge is -2.29. The molecule has 0 bridgehead atoms. The largest absolute Gasteiger partial charge is 0.382 e. The lowest BCUT2D eigenvalue weighted by Crippen LogP contribution is -2.45. The number of carbonyl (C=O) groups is 2. The topological polar surface area (TPSA) is 106 Å². The summed E-state index contributed by atoms with van der Waals surface area (Å²) in [6.07, 6.45) is 5.49. The molecule has 0 aliphatic heterocycles. The zero-order valence-electron chi connectivity index (χ0n) is 20.0. The van der Waals surface area contributed by atoms with E-state index < -0.39 is 11.8 Å². The molecule has 2 atom stereocenters. The molecule has 1 aromatic rings. The zero-order valence-corrected chi connectivity index (χ0v) is 20.0. The summed E-state index contributed by atoms with van der Waals surface area (Å²) in [7, 11) is 1.60. The van der Waals surface area contributed by atoms with Crippen LogP contribution < -0.4 is 10.8 Å². The minimum atomic E-state index is -0.468. The zero-order chi connectivity index (χ0) is 23.9. The molecule has 0 heterocycles. The van der Waals surface area contributed by atoms with Gasteiger partial charge in [0.15, 0.2) is 0 Å². The van der Waals surface area contributed by atoms with Gasteiger partial charge in [-0.3, -0.25) is 14.8 Å². The summed E-state index contributed by atoms with van der Waals surface area (Å²) in [5.74, 6) is -0.246. The van der Waals surface area contributed by atoms with Crippen molar-refractivity contribution in [2.75, 3.05) is 33.7 Å². The number of aryl methyl sites for hydroxylation is 1. The Labute approximate surface area is 197 Å². The van der Waals surface area contributed by atoms with Crippen LogP contribution in [0.4, 0.5) is 0 Å². The van der Waals surface area contributed by atoms with Crippen LogP contribution >= 0.6 is 0 Å². The van der Waals surface area contributed by atoms with Gasteiger partial charge in [0.05, 0.1) is 25.9 Å². The molecule has 2 rings (SSSR count). The van der Waals surface area contributed by atoms with Gasteiger partial charge in [0.2, 0.25) is 11.8 Å². The van der Waals surface area contributed by atoms with E-state index in [2.05, 4.69) is 12.2 Å². The molecule has 0 spiro atoms. The first-order chi connectivity index (χ1) is 16.0. The quantitative estimate of drug-likeness (QED) is 0.159. The minimum absolute atomic E-state index is 0.00362. The third kappa shape index (κ3) is 10.6. The van der Waals surface area contributed by atoms with Gasteiger partial charge in [-0.2, -0.15) is 0 Å². The third-order valence-electron chi connectivity index (χ3n) is 6.32. The second-order valence-electron chi connectivity index (χ2n) is 8.98. The van der Waals surface area contributed by atoms with Crippen molar-refractivity contribution in [1.29, 1.82) is 0 Å². The molecule has 0 radical (unpaired) electrons. The van der Waals surface area contributed by atoms with Gasteiger partial charge in [-0.05, 0) is 56.4 Å². The highest BCUT2D eigenvalue weighted by Crippen LogP contribution is 2.28. The molecule has 1 aliphatic carbocycles. The molecule has 33 heavy (non-hydrogen) atoms. The fourth-order valence-electron chi connectivity index (χ4n) is 4.24. The summed E-state index contributed by atoms with van der Waals surface area (Å²) >= 11 is 0. The Hall–Kier alpha value is -2.00. The van der Waals surface area contributed by atoms with Crippen LogP contribution in [0.15, 0.2) is 30.3 Å². The van der Waals surface area contributed by atoms with Gasteiger partial charge in [-0.15, -0.1) is 0 Å². The van der Waals surface area contributed by atoms with Crippen LogP contribution in [0.1, 0.15) is 51.0 Å². The van der Waals surface area contributed by atoms with E-state index in [4.69, 9.17) is 14.2 Å². The normalized spacial score (nSPS) is 20.1. The van der Waals surface area contributed by atoms with E-state index >= 15 is 0 Å². The summed E-state index contributed by atoms with van der Waals surface area (Å²) in [5.41, 5.74) is 2.91. The fraction of sp³-hybridized carbons (Fsp3) is 0.680. The van der Waals surface area contributed by atoms with Crippen molar-refractivity contribution >= 4 is 11.8 Å². The molecule has 1 aromatic carbocycles. The Morgan fingerprint density at radius 3 is 2.48 bits per heavy atom. The Bertz CT molecular complexity index is 679. The highest BCUT2D eigenvalue weighted by molar-refractivity contribution is 5.80. The predicted molar refractivity (Wildman–Crippen MR) is 124 cm³/mol. The van der Waals surface area contributed by atoms with Crippen molar-refractivity contribution < 1.29 is 29.0 Å². The number of hydrogen-bond donors (Lipinski definition) is 3. The number of hydroxylamine groups is 1. The van der Waals surface area contributed by atoms with Gasteiger partial charge in [-0.25, -0.2) is 5.48 Å². The predicted octanol–water partition coefficient (Wildman–Crippen LogP) is 3.08. The average molecular weight is 465 g/mol. The van der Waals surface area contributed by atoms with E-state index in [9.17, 15) is 14.8 Å². The number of methoxy groups -OCH3 is 1. The Kier molecular flexibility index (Phi) is 13.0. The Morgan fingerprint density at radius 1 is 1.09 bits per heavy atom. The van der Waals surface area contributed by atoms with E-state index in [1.165, 1.54) is 0 Å². The third-order valence-corrected chi connectivity index (χ3v) is 6.32. The molecule has 1 saturated carbocycles. The lowest BCUT2D eigenvalue weighted by molar-refractivity contribution is -0.135. The summed E-state index contributed by atoms with van der Waals surface area (Å²) in [6.45, 7) is 3.42. The SMILES string of the molecule is COCCOCOC[C@H](C[C@H](CCc1ccccc1)C(=O)NO)NC(=O)C1CCC(C)CC1. The highest BCUT2D eigenvalue weighted by Gasteiger charge is 2.28. The van der Waals surface area contributed by atoms with Crippen molar-refractivity contribution in [1.82, 2.24) is 10.8 Å². The summed E-state index contributed by atoms with van der Waals surface area (Å²) in [5, 5.41) is 12.4. The maximum absolute atomic E-state index is 12.9.